The molecule has 0 bridgehead atoms. The van der Waals surface area contributed by atoms with Crippen LogP contribution in [0.15, 0.2) is 0 Å². The van der Waals surface area contributed by atoms with Gasteiger partial charge in [0.1, 0.15) is 6.04 Å². The van der Waals surface area contributed by atoms with Crippen molar-refractivity contribution in [2.45, 2.75) is 51.6 Å². The molecule has 1 heterocycles. The molecule has 0 unspecified atom stereocenters. The van der Waals surface area contributed by atoms with E-state index in [1.165, 1.54) is 6.42 Å². The summed E-state index contributed by atoms with van der Waals surface area (Å²) in [6.45, 7) is 6.17. The first-order valence-electron chi connectivity index (χ1n) is 6.27. The second-order valence-corrected chi connectivity index (χ2v) is 4.31. The fraction of sp³-hybridized carbons (Fsp3) is 0.917. The van der Waals surface area contributed by atoms with E-state index in [0.717, 1.165) is 19.4 Å². The molecule has 2 atom stereocenters. The van der Waals surface area contributed by atoms with Crippen LogP contribution in [0.2, 0.25) is 0 Å². The summed E-state index contributed by atoms with van der Waals surface area (Å²) in [6, 6.07) is -0.0551. The molecule has 1 N–H and O–H groups in total. The van der Waals surface area contributed by atoms with Crippen molar-refractivity contribution in [3.8, 4) is 0 Å². The highest BCUT2D eigenvalue weighted by Crippen LogP contribution is 2.21. The minimum Gasteiger partial charge on any atom is -0.480 e. The van der Waals surface area contributed by atoms with Crippen LogP contribution in [0.1, 0.15) is 39.5 Å². The number of aliphatic carboxylic acids is 1. The minimum absolute atomic E-state index is 0.287. The first-order valence-corrected chi connectivity index (χ1v) is 6.27. The second kappa shape index (κ2) is 6.86. The lowest BCUT2D eigenvalue weighted by Gasteiger charge is -2.38. The maximum Gasteiger partial charge on any atom is 0.320 e. The summed E-state index contributed by atoms with van der Waals surface area (Å²) < 4.78 is 5.44. The molecule has 0 amide bonds. The van der Waals surface area contributed by atoms with Crippen LogP contribution in [0.25, 0.3) is 0 Å². The molecule has 94 valence electrons. The van der Waals surface area contributed by atoms with Gasteiger partial charge in [-0.2, -0.15) is 0 Å². The Kier molecular flexibility index (Phi) is 5.77. The van der Waals surface area contributed by atoms with Gasteiger partial charge >= 0.3 is 5.97 Å². The fourth-order valence-corrected chi connectivity index (χ4v) is 2.42. The van der Waals surface area contributed by atoms with Crippen molar-refractivity contribution in [1.82, 2.24) is 4.90 Å². The lowest BCUT2D eigenvalue weighted by molar-refractivity contribution is -0.145. The summed E-state index contributed by atoms with van der Waals surface area (Å²) in [7, 11) is 0. The first-order chi connectivity index (χ1) is 7.70. The van der Waals surface area contributed by atoms with Gasteiger partial charge in [0.05, 0.1) is 6.61 Å². The number of rotatable bonds is 6. The standard InChI is InChI=1S/C12H23NO3/c1-3-11(12(14)15)13-8-6-5-7-10(13)9-16-4-2/h10-11H,3-9H2,1-2H3,(H,14,15)/t10-,11+/m0/s1. The van der Waals surface area contributed by atoms with Gasteiger partial charge in [0.2, 0.25) is 0 Å². The number of carboxylic acid groups (broad SMARTS) is 1. The highest BCUT2D eigenvalue weighted by atomic mass is 16.5. The molecule has 1 aliphatic heterocycles. The maximum atomic E-state index is 11.2. The quantitative estimate of drug-likeness (QED) is 0.753. The average Bonchev–Trinajstić information content (AvgIpc) is 2.28. The van der Waals surface area contributed by atoms with Crippen molar-refractivity contribution in [3.63, 3.8) is 0 Å². The zero-order chi connectivity index (χ0) is 12.0. The molecule has 1 saturated heterocycles. The molecule has 0 aromatic carbocycles. The van der Waals surface area contributed by atoms with Gasteiger partial charge in [0, 0.05) is 12.6 Å². The number of nitrogens with zero attached hydrogens (tertiary/aromatic N) is 1. The van der Waals surface area contributed by atoms with E-state index in [2.05, 4.69) is 4.90 Å². The molecule has 0 radical (unpaired) electrons. The van der Waals surface area contributed by atoms with Gasteiger partial charge in [-0.15, -0.1) is 0 Å². The van der Waals surface area contributed by atoms with E-state index >= 15 is 0 Å². The van der Waals surface area contributed by atoms with Gasteiger partial charge < -0.3 is 9.84 Å². The van der Waals surface area contributed by atoms with Crippen LogP contribution in [0, 0.1) is 0 Å². The van der Waals surface area contributed by atoms with Crippen LogP contribution >= 0.6 is 0 Å². The van der Waals surface area contributed by atoms with Crippen LogP contribution in [0.4, 0.5) is 0 Å². The summed E-state index contributed by atoms with van der Waals surface area (Å²) in [5.41, 5.74) is 0. The third-order valence-electron chi connectivity index (χ3n) is 3.26. The third kappa shape index (κ3) is 3.46. The smallest absolute Gasteiger partial charge is 0.320 e. The van der Waals surface area contributed by atoms with E-state index in [9.17, 15) is 9.90 Å². The normalized spacial score (nSPS) is 24.2. The van der Waals surface area contributed by atoms with Gasteiger partial charge in [0.15, 0.2) is 0 Å². The molecule has 1 aliphatic rings. The molecule has 0 aromatic rings. The largest absolute Gasteiger partial charge is 0.480 e. The summed E-state index contributed by atoms with van der Waals surface area (Å²) >= 11 is 0. The summed E-state index contributed by atoms with van der Waals surface area (Å²) in [5, 5.41) is 9.19. The molecular formula is C12H23NO3. The van der Waals surface area contributed by atoms with Crippen LogP contribution in [-0.4, -0.2) is 47.8 Å². The molecule has 0 spiro atoms. The van der Waals surface area contributed by atoms with Crippen molar-refractivity contribution < 1.29 is 14.6 Å². The molecule has 0 aromatic heterocycles. The lowest BCUT2D eigenvalue weighted by atomic mass is 9.99. The number of carboxylic acids is 1. The predicted octanol–water partition coefficient (Wildman–Crippen LogP) is 1.74. The summed E-state index contributed by atoms with van der Waals surface area (Å²) in [5.74, 6) is -0.703. The van der Waals surface area contributed by atoms with Crippen molar-refractivity contribution in [2.75, 3.05) is 19.8 Å². The Bertz CT molecular complexity index is 220. The Hall–Kier alpha value is -0.610. The first kappa shape index (κ1) is 13.5. The second-order valence-electron chi connectivity index (χ2n) is 4.31. The molecule has 1 fully saturated rings. The SMILES string of the molecule is CCOC[C@@H]1CCCCN1[C@H](CC)C(=O)O. The third-order valence-corrected chi connectivity index (χ3v) is 3.26. The number of carbonyl (C=O) groups is 1. The van der Waals surface area contributed by atoms with E-state index in [1.54, 1.807) is 0 Å². The molecule has 4 nitrogen and oxygen atoms in total. The van der Waals surface area contributed by atoms with Gasteiger partial charge in [-0.05, 0) is 32.7 Å². The summed E-state index contributed by atoms with van der Waals surface area (Å²) in [4.78, 5) is 13.3. The number of hydrogen-bond donors (Lipinski definition) is 1. The molecule has 16 heavy (non-hydrogen) atoms. The van der Waals surface area contributed by atoms with E-state index in [0.29, 0.717) is 19.6 Å². The Labute approximate surface area is 97.6 Å². The molecule has 0 aliphatic carbocycles. The highest BCUT2D eigenvalue weighted by molar-refractivity contribution is 5.73. The van der Waals surface area contributed by atoms with Crippen LogP contribution in [0.3, 0.4) is 0 Å². The predicted molar refractivity (Wildman–Crippen MR) is 62.6 cm³/mol. The van der Waals surface area contributed by atoms with E-state index in [4.69, 9.17) is 4.74 Å². The highest BCUT2D eigenvalue weighted by Gasteiger charge is 2.31. The Morgan fingerprint density at radius 2 is 2.25 bits per heavy atom. The van der Waals surface area contributed by atoms with E-state index in [1.807, 2.05) is 13.8 Å². The Morgan fingerprint density at radius 1 is 1.50 bits per heavy atom. The van der Waals surface area contributed by atoms with Crippen LogP contribution < -0.4 is 0 Å². The molecule has 4 heteroatoms. The van der Waals surface area contributed by atoms with Gasteiger partial charge in [0.25, 0.3) is 0 Å². The van der Waals surface area contributed by atoms with Crippen LogP contribution in [-0.2, 0) is 9.53 Å². The Balaban J connectivity index is 2.60. The fourth-order valence-electron chi connectivity index (χ4n) is 2.42. The Morgan fingerprint density at radius 3 is 2.81 bits per heavy atom. The van der Waals surface area contributed by atoms with Crippen molar-refractivity contribution in [2.24, 2.45) is 0 Å². The maximum absolute atomic E-state index is 11.2. The molecular weight excluding hydrogens is 206 g/mol. The van der Waals surface area contributed by atoms with Crippen LogP contribution in [0.5, 0.6) is 0 Å². The lowest BCUT2D eigenvalue weighted by Crippen LogP contribution is -2.51. The van der Waals surface area contributed by atoms with Gasteiger partial charge in [-0.3, -0.25) is 9.69 Å². The minimum atomic E-state index is -0.703. The van der Waals surface area contributed by atoms with Crippen molar-refractivity contribution >= 4 is 5.97 Å². The monoisotopic (exact) mass is 229 g/mol. The number of likely N-dealkylation sites (tertiary alicyclic amines) is 1. The van der Waals surface area contributed by atoms with Crippen molar-refractivity contribution in [3.05, 3.63) is 0 Å². The van der Waals surface area contributed by atoms with Gasteiger partial charge in [-0.25, -0.2) is 0 Å². The average molecular weight is 229 g/mol. The van der Waals surface area contributed by atoms with E-state index < -0.39 is 5.97 Å². The molecule has 1 rings (SSSR count). The molecule has 0 saturated carbocycles. The number of ether oxygens (including phenoxy) is 1. The summed E-state index contributed by atoms with van der Waals surface area (Å²) in [6.07, 6.45) is 4.01. The zero-order valence-electron chi connectivity index (χ0n) is 10.3. The zero-order valence-corrected chi connectivity index (χ0v) is 10.3. The number of hydrogen-bond acceptors (Lipinski definition) is 3. The van der Waals surface area contributed by atoms with Crippen molar-refractivity contribution in [1.29, 1.82) is 0 Å². The number of piperidine rings is 1. The topological polar surface area (TPSA) is 49.8 Å². The van der Waals surface area contributed by atoms with Gasteiger partial charge in [-0.1, -0.05) is 13.3 Å². The van der Waals surface area contributed by atoms with E-state index in [-0.39, 0.29) is 12.1 Å².